The molecule has 0 aromatic rings. The van der Waals surface area contributed by atoms with Gasteiger partial charge in [-0.15, -0.1) is 0 Å². The highest BCUT2D eigenvalue weighted by atomic mass is 16.5. The summed E-state index contributed by atoms with van der Waals surface area (Å²) in [5, 5.41) is 20.6. The molecule has 0 atom stereocenters. The lowest BCUT2D eigenvalue weighted by Crippen LogP contribution is -2.36. The van der Waals surface area contributed by atoms with Crippen molar-refractivity contribution >= 4 is 0 Å². The molecule has 0 aliphatic carbocycles. The largest absolute Gasteiger partial charge is 0.394 e. The molecule has 0 radical (unpaired) electrons. The lowest BCUT2D eigenvalue weighted by Gasteiger charge is -2.24. The van der Waals surface area contributed by atoms with E-state index in [-0.39, 0.29) is 13.2 Å². The van der Waals surface area contributed by atoms with E-state index in [0.717, 1.165) is 124 Å². The van der Waals surface area contributed by atoms with Gasteiger partial charge in [-0.1, -0.05) is 71.1 Å². The van der Waals surface area contributed by atoms with E-state index in [1.165, 1.54) is 129 Å². The Labute approximate surface area is 484 Å². The summed E-state index contributed by atoms with van der Waals surface area (Å²) < 4.78 is 21.5. The van der Waals surface area contributed by atoms with Crippen molar-refractivity contribution < 1.29 is 29.2 Å². The Morgan fingerprint density at radius 2 is 0.449 bits per heavy atom. The second-order valence-corrected chi connectivity index (χ2v) is 22.9. The summed E-state index contributed by atoms with van der Waals surface area (Å²) in [6.07, 6.45) is 19.1. The van der Waals surface area contributed by atoms with Crippen molar-refractivity contribution in [2.45, 2.75) is 96.8 Å². The summed E-state index contributed by atoms with van der Waals surface area (Å²) in [6, 6.07) is 0. The van der Waals surface area contributed by atoms with Crippen molar-refractivity contribution in [1.29, 1.82) is 0 Å². The SMILES string of the molecule is CCN(C)CCN(C)CCN(C)CCCCCCCCCN(C)CCN(C)CCN(C)CCOCCOCCO.CNCCN(C)CCN(C)CCCCCCCCCN(C)CCN(C)CCN(C)CCOCCOCCO. The maximum absolute atomic E-state index is 8.67. The van der Waals surface area contributed by atoms with E-state index in [4.69, 9.17) is 29.2 Å². The fourth-order valence-electron chi connectivity index (χ4n) is 8.48. The van der Waals surface area contributed by atoms with Gasteiger partial charge in [-0.05, 0) is 143 Å². The second kappa shape index (κ2) is 60.9. The maximum atomic E-state index is 8.67. The molecule has 0 unspecified atom stereocenters. The van der Waals surface area contributed by atoms with Crippen LogP contribution in [0.5, 0.6) is 0 Å². The number of nitrogens with one attached hydrogen (secondary N) is 1. The lowest BCUT2D eigenvalue weighted by atomic mass is 10.1. The lowest BCUT2D eigenvalue weighted by molar-refractivity contribution is 0.0278. The zero-order valence-corrected chi connectivity index (χ0v) is 54.2. The third kappa shape index (κ3) is 61.4. The first kappa shape index (κ1) is 79.3. The van der Waals surface area contributed by atoms with Crippen molar-refractivity contribution in [3.05, 3.63) is 0 Å². The molecule has 18 heteroatoms. The summed E-state index contributed by atoms with van der Waals surface area (Å²) in [5.41, 5.74) is 0. The van der Waals surface area contributed by atoms with Crippen LogP contribution in [0.2, 0.25) is 0 Å². The first-order chi connectivity index (χ1) is 37.7. The molecule has 0 aromatic heterocycles. The molecule has 78 heavy (non-hydrogen) atoms. The Hall–Kier alpha value is -0.720. The number of ether oxygens (including phenoxy) is 4. The molecule has 18 nitrogen and oxygen atoms in total. The molecule has 3 N–H and O–H groups in total. The molecule has 472 valence electrons. The average molecular weight is 1120 g/mol. The molecular weight excluding hydrogens is 985 g/mol. The number of unbranched alkanes of at least 4 members (excludes halogenated alkanes) is 12. The Kier molecular flexibility index (Phi) is 61.9. The molecule has 0 saturated carbocycles. The molecule has 0 fully saturated rings. The first-order valence-electron chi connectivity index (χ1n) is 31.4. The number of aliphatic hydroxyl groups excluding tert-OH is 2. The molecule has 0 saturated heterocycles. The molecule has 0 bridgehead atoms. The molecule has 0 aromatic carbocycles. The van der Waals surface area contributed by atoms with E-state index < -0.39 is 0 Å². The number of aliphatic hydroxyl groups is 2. The van der Waals surface area contributed by atoms with Gasteiger partial charge in [-0.2, -0.15) is 0 Å². The number of nitrogens with zero attached hydrogens (tertiary/aromatic N) is 11. The molecule has 0 rings (SSSR count). The molecule has 0 aliphatic rings. The van der Waals surface area contributed by atoms with Crippen LogP contribution in [0.4, 0.5) is 0 Å². The quantitative estimate of drug-likeness (QED) is 0.0761. The second-order valence-electron chi connectivity index (χ2n) is 22.9. The number of rotatable bonds is 61. The van der Waals surface area contributed by atoms with Gasteiger partial charge in [0.2, 0.25) is 0 Å². The van der Waals surface area contributed by atoms with Crippen LogP contribution in [-0.4, -0.2) is 365 Å². The molecule has 0 amide bonds. The monoisotopic (exact) mass is 1120 g/mol. The summed E-state index contributed by atoms with van der Waals surface area (Å²) >= 11 is 0. The van der Waals surface area contributed by atoms with Gasteiger partial charge in [0, 0.05) is 118 Å². The van der Waals surface area contributed by atoms with Crippen molar-refractivity contribution in [3.63, 3.8) is 0 Å². The van der Waals surface area contributed by atoms with Gasteiger partial charge in [0.1, 0.15) is 0 Å². The van der Waals surface area contributed by atoms with Crippen molar-refractivity contribution in [2.24, 2.45) is 0 Å². The standard InChI is InChI=1S/C31H70N6O3.C29H66N6O3/c1-8-32(2)18-19-35(5)22-20-33(3)16-14-12-10-9-11-13-15-17-34(4)21-23-36(6)24-25-37(7)26-28-39-30-31-40-29-27-38;1-30-14-17-33(4)20-18-31(2)15-12-10-8-7-9-11-13-16-32(3)19-21-34(5)22-23-35(6)24-26-37-28-29-38-27-25-36/h38H,8-31H2,1-7H3;30,36H,7-29H2,1-6H3. The van der Waals surface area contributed by atoms with E-state index in [0.29, 0.717) is 39.6 Å². The Morgan fingerprint density at radius 1 is 0.244 bits per heavy atom. The van der Waals surface area contributed by atoms with Crippen LogP contribution >= 0.6 is 0 Å². The molecule has 0 aliphatic heterocycles. The van der Waals surface area contributed by atoms with E-state index in [1.807, 2.05) is 7.05 Å². The van der Waals surface area contributed by atoms with Crippen LogP contribution in [0.25, 0.3) is 0 Å². The van der Waals surface area contributed by atoms with Crippen molar-refractivity contribution in [1.82, 2.24) is 59.2 Å². The summed E-state index contributed by atoms with van der Waals surface area (Å²) in [6.45, 7) is 32.7. The van der Waals surface area contributed by atoms with E-state index in [9.17, 15) is 0 Å². The van der Waals surface area contributed by atoms with Crippen LogP contribution in [0.3, 0.4) is 0 Å². The van der Waals surface area contributed by atoms with E-state index in [2.05, 4.69) is 144 Å². The molecule has 0 heterocycles. The predicted molar refractivity (Wildman–Crippen MR) is 334 cm³/mol. The summed E-state index contributed by atoms with van der Waals surface area (Å²) in [5.74, 6) is 0. The Bertz CT molecular complexity index is 1170. The summed E-state index contributed by atoms with van der Waals surface area (Å²) in [7, 11) is 26.5. The van der Waals surface area contributed by atoms with Gasteiger partial charge >= 0.3 is 0 Å². The van der Waals surface area contributed by atoms with E-state index in [1.54, 1.807) is 0 Å². The zero-order valence-electron chi connectivity index (χ0n) is 54.2. The van der Waals surface area contributed by atoms with Gasteiger partial charge in [-0.3, -0.25) is 0 Å². The van der Waals surface area contributed by atoms with Crippen LogP contribution in [0, 0.1) is 0 Å². The number of hydrogen-bond acceptors (Lipinski definition) is 18. The van der Waals surface area contributed by atoms with Gasteiger partial charge < -0.3 is 88.4 Å². The molecular formula is C60H136N12O6. The smallest absolute Gasteiger partial charge is 0.0701 e. The predicted octanol–water partition coefficient (Wildman–Crippen LogP) is 3.97. The van der Waals surface area contributed by atoms with Gasteiger partial charge in [0.15, 0.2) is 0 Å². The van der Waals surface area contributed by atoms with Crippen LogP contribution in [-0.2, 0) is 18.9 Å². The highest BCUT2D eigenvalue weighted by molar-refractivity contribution is 4.65. The highest BCUT2D eigenvalue weighted by Gasteiger charge is 2.09. The summed E-state index contributed by atoms with van der Waals surface area (Å²) in [4.78, 5) is 26.7. The topological polar surface area (TPSA) is 125 Å². The zero-order chi connectivity index (χ0) is 58.1. The fraction of sp³-hybridized carbons (Fsp3) is 1.00. The normalized spacial score (nSPS) is 12.4. The van der Waals surface area contributed by atoms with E-state index >= 15 is 0 Å². The Morgan fingerprint density at radius 3 is 0.692 bits per heavy atom. The minimum atomic E-state index is 0.0711. The minimum Gasteiger partial charge on any atom is -0.394 e. The van der Waals surface area contributed by atoms with Crippen LogP contribution in [0.1, 0.15) is 96.8 Å². The highest BCUT2D eigenvalue weighted by Crippen LogP contribution is 2.10. The van der Waals surface area contributed by atoms with Crippen LogP contribution in [0.15, 0.2) is 0 Å². The Balaban J connectivity index is 0. The third-order valence-corrected chi connectivity index (χ3v) is 14.9. The number of hydrogen-bond donors (Lipinski definition) is 3. The average Bonchev–Trinajstić information content (AvgIpc) is 3.43. The van der Waals surface area contributed by atoms with Crippen molar-refractivity contribution in [3.8, 4) is 0 Å². The maximum Gasteiger partial charge on any atom is 0.0701 e. The first-order valence-corrected chi connectivity index (χ1v) is 31.4. The number of likely N-dealkylation sites (N-methyl/N-ethyl adjacent to an activating group) is 12. The van der Waals surface area contributed by atoms with Crippen LogP contribution < -0.4 is 5.32 Å². The van der Waals surface area contributed by atoms with Crippen molar-refractivity contribution in [2.75, 3.05) is 301 Å². The third-order valence-electron chi connectivity index (χ3n) is 14.9. The van der Waals surface area contributed by atoms with Gasteiger partial charge in [0.25, 0.3) is 0 Å². The van der Waals surface area contributed by atoms with Gasteiger partial charge in [0.05, 0.1) is 66.1 Å². The van der Waals surface area contributed by atoms with Gasteiger partial charge in [-0.25, -0.2) is 0 Å². The molecule has 0 spiro atoms. The minimum absolute atomic E-state index is 0.0711. The fourth-order valence-corrected chi connectivity index (χ4v) is 8.48.